The van der Waals surface area contributed by atoms with Crippen LogP contribution in [0.2, 0.25) is 10.0 Å². The van der Waals surface area contributed by atoms with Gasteiger partial charge in [-0.2, -0.15) is 0 Å². The highest BCUT2D eigenvalue weighted by atomic mass is 35.5. The summed E-state index contributed by atoms with van der Waals surface area (Å²) in [6, 6.07) is 11.3. The van der Waals surface area contributed by atoms with Gasteiger partial charge in [-0.05, 0) is 66.9 Å². The number of thioether (sulfide) groups is 1. The van der Waals surface area contributed by atoms with E-state index in [1.165, 1.54) is 24.0 Å². The van der Waals surface area contributed by atoms with Crippen molar-refractivity contribution in [1.29, 1.82) is 0 Å². The van der Waals surface area contributed by atoms with Crippen LogP contribution in [-0.2, 0) is 15.8 Å². The fraction of sp³-hybridized carbons (Fsp3) is 0.143. The predicted octanol–water partition coefficient (Wildman–Crippen LogP) is 5.80. The van der Waals surface area contributed by atoms with Crippen molar-refractivity contribution in [3.63, 3.8) is 0 Å². The van der Waals surface area contributed by atoms with E-state index in [0.717, 1.165) is 11.6 Å². The summed E-state index contributed by atoms with van der Waals surface area (Å²) < 4.78 is 27.9. The summed E-state index contributed by atoms with van der Waals surface area (Å²) in [4.78, 5) is 15.6. The van der Waals surface area contributed by atoms with Crippen molar-refractivity contribution >= 4 is 56.6 Å². The fourth-order valence-electron chi connectivity index (χ4n) is 2.73. The Labute approximate surface area is 194 Å². The predicted molar refractivity (Wildman–Crippen MR) is 124 cm³/mol. The van der Waals surface area contributed by atoms with Crippen molar-refractivity contribution < 1.29 is 18.3 Å². The molecule has 1 heterocycles. The minimum atomic E-state index is -3.97. The van der Waals surface area contributed by atoms with Crippen molar-refractivity contribution in [2.75, 3.05) is 4.72 Å². The maximum Gasteiger partial charge on any atom is 0.336 e. The average Bonchev–Trinajstić information content (AvgIpc) is 2.71. The minimum Gasteiger partial charge on any atom is -0.478 e. The zero-order valence-electron chi connectivity index (χ0n) is 16.5. The second-order valence-electron chi connectivity index (χ2n) is 6.75. The summed E-state index contributed by atoms with van der Waals surface area (Å²) in [5.41, 5.74) is 2.31. The van der Waals surface area contributed by atoms with Gasteiger partial charge in [0.2, 0.25) is 0 Å². The van der Waals surface area contributed by atoms with E-state index >= 15 is 0 Å². The van der Waals surface area contributed by atoms with Gasteiger partial charge >= 0.3 is 5.97 Å². The lowest BCUT2D eigenvalue weighted by Gasteiger charge is -2.12. The Balaban J connectivity index is 1.73. The Kier molecular flexibility index (Phi) is 7.16. The molecule has 0 fully saturated rings. The van der Waals surface area contributed by atoms with E-state index in [1.54, 1.807) is 38.1 Å². The Hall–Kier alpha value is -2.26. The van der Waals surface area contributed by atoms with Gasteiger partial charge in [0.05, 0.1) is 37.4 Å². The van der Waals surface area contributed by atoms with Crippen LogP contribution in [0, 0.1) is 13.8 Å². The Bertz CT molecular complexity index is 1250. The average molecular weight is 497 g/mol. The van der Waals surface area contributed by atoms with E-state index in [1.807, 2.05) is 6.07 Å². The molecule has 0 amide bonds. The number of nitrogens with zero attached hydrogens (tertiary/aromatic N) is 1. The van der Waals surface area contributed by atoms with E-state index in [9.17, 15) is 18.3 Å². The van der Waals surface area contributed by atoms with Gasteiger partial charge in [-0.3, -0.25) is 4.72 Å². The molecule has 0 radical (unpaired) electrons. The number of nitrogens with one attached hydrogen (secondary N) is 1. The number of sulfonamides is 1. The van der Waals surface area contributed by atoms with Gasteiger partial charge in [-0.25, -0.2) is 18.2 Å². The first-order valence-corrected chi connectivity index (χ1v) is 12.2. The largest absolute Gasteiger partial charge is 0.478 e. The lowest BCUT2D eigenvalue weighted by molar-refractivity contribution is 0.0695. The van der Waals surface area contributed by atoms with Crippen LogP contribution in [0.1, 0.15) is 27.0 Å². The van der Waals surface area contributed by atoms with Crippen LogP contribution in [0.3, 0.4) is 0 Å². The summed E-state index contributed by atoms with van der Waals surface area (Å²) in [5.74, 6) is -0.557. The number of anilines is 1. The number of aryl methyl sites for hydroxylation is 1. The molecule has 0 spiro atoms. The number of aromatic carboxylic acids is 1. The minimum absolute atomic E-state index is 0.0486. The van der Waals surface area contributed by atoms with Crippen molar-refractivity contribution in [2.45, 2.75) is 29.5 Å². The molecule has 0 atom stereocenters. The van der Waals surface area contributed by atoms with Gasteiger partial charge in [-0.1, -0.05) is 29.3 Å². The molecule has 162 valence electrons. The molecule has 0 saturated carbocycles. The number of rotatable bonds is 7. The number of hydrogen-bond donors (Lipinski definition) is 2. The third-order valence-corrected chi connectivity index (χ3v) is 7.66. The fourth-order valence-corrected chi connectivity index (χ4v) is 4.99. The quantitative estimate of drug-likeness (QED) is 0.401. The van der Waals surface area contributed by atoms with Crippen LogP contribution in [0.15, 0.2) is 58.6 Å². The molecule has 3 aromatic rings. The highest BCUT2D eigenvalue weighted by molar-refractivity contribution is 7.98. The van der Waals surface area contributed by atoms with Crippen molar-refractivity contribution in [3.8, 4) is 0 Å². The molecule has 1 aromatic heterocycles. The smallest absolute Gasteiger partial charge is 0.336 e. The zero-order chi connectivity index (χ0) is 22.8. The standard InChI is InChI=1S/C21H18Cl2N2O4S2/c1-12-7-16(9-17(13(12)2)21(26)27)31(28,29)25-15-4-6-20(24-10-15)30-11-14-3-5-18(22)19(23)8-14/h3-10,25H,11H2,1-2H3,(H,26,27). The van der Waals surface area contributed by atoms with E-state index < -0.39 is 16.0 Å². The SMILES string of the molecule is Cc1cc(S(=O)(=O)Nc2ccc(SCc3ccc(Cl)c(Cl)c3)nc2)cc(C(=O)O)c1C. The second kappa shape index (κ2) is 9.48. The lowest BCUT2D eigenvalue weighted by Crippen LogP contribution is -2.15. The molecule has 0 bridgehead atoms. The maximum absolute atomic E-state index is 12.7. The van der Waals surface area contributed by atoms with Gasteiger partial charge in [0, 0.05) is 5.75 Å². The Morgan fingerprint density at radius 3 is 2.45 bits per heavy atom. The monoisotopic (exact) mass is 496 g/mol. The topological polar surface area (TPSA) is 96.4 Å². The van der Waals surface area contributed by atoms with E-state index in [-0.39, 0.29) is 16.1 Å². The van der Waals surface area contributed by atoms with Crippen LogP contribution in [0.25, 0.3) is 0 Å². The molecule has 0 aliphatic carbocycles. The third-order valence-electron chi connectivity index (χ3n) is 4.54. The molecule has 31 heavy (non-hydrogen) atoms. The number of aromatic nitrogens is 1. The number of carboxylic acids is 1. The molecule has 3 rings (SSSR count). The van der Waals surface area contributed by atoms with E-state index in [0.29, 0.717) is 32.0 Å². The molecule has 6 nitrogen and oxygen atoms in total. The number of hydrogen-bond acceptors (Lipinski definition) is 5. The number of carbonyl (C=O) groups is 1. The molecular weight excluding hydrogens is 479 g/mol. The van der Waals surface area contributed by atoms with Crippen LogP contribution >= 0.6 is 35.0 Å². The summed E-state index contributed by atoms with van der Waals surface area (Å²) in [6.45, 7) is 3.31. The first kappa shape index (κ1) is 23.4. The molecule has 2 aromatic carbocycles. The number of halogens is 2. The Morgan fingerprint density at radius 1 is 1.10 bits per heavy atom. The van der Waals surface area contributed by atoms with Crippen LogP contribution in [0.4, 0.5) is 5.69 Å². The van der Waals surface area contributed by atoms with Gasteiger partial charge in [-0.15, -0.1) is 11.8 Å². The number of benzene rings is 2. The molecule has 0 aliphatic heterocycles. The molecule has 0 saturated heterocycles. The first-order chi connectivity index (χ1) is 14.6. The molecule has 2 N–H and O–H groups in total. The summed E-state index contributed by atoms with van der Waals surface area (Å²) in [7, 11) is -3.97. The van der Waals surface area contributed by atoms with E-state index in [2.05, 4.69) is 9.71 Å². The zero-order valence-corrected chi connectivity index (χ0v) is 19.7. The summed E-state index contributed by atoms with van der Waals surface area (Å²) in [6.07, 6.45) is 1.41. The highest BCUT2D eigenvalue weighted by Gasteiger charge is 2.20. The van der Waals surface area contributed by atoms with Crippen molar-refractivity contribution in [2.24, 2.45) is 0 Å². The molecular formula is C21H18Cl2N2O4S2. The molecule has 0 unspecified atom stereocenters. The highest BCUT2D eigenvalue weighted by Crippen LogP contribution is 2.28. The number of carboxylic acid groups (broad SMARTS) is 1. The second-order valence-corrected chi connectivity index (χ2v) is 10.2. The van der Waals surface area contributed by atoms with Crippen molar-refractivity contribution in [3.05, 3.63) is 81.0 Å². The normalized spacial score (nSPS) is 11.4. The summed E-state index contributed by atoms with van der Waals surface area (Å²) >= 11 is 13.4. The summed E-state index contributed by atoms with van der Waals surface area (Å²) in [5, 5.41) is 11.0. The molecule has 0 aliphatic rings. The van der Waals surface area contributed by atoms with Crippen LogP contribution in [-0.4, -0.2) is 24.5 Å². The lowest BCUT2D eigenvalue weighted by atomic mass is 10.0. The van der Waals surface area contributed by atoms with Gasteiger partial charge in [0.25, 0.3) is 10.0 Å². The third kappa shape index (κ3) is 5.71. The molecule has 10 heteroatoms. The first-order valence-electron chi connectivity index (χ1n) is 8.97. The van der Waals surface area contributed by atoms with Gasteiger partial charge < -0.3 is 5.11 Å². The van der Waals surface area contributed by atoms with Crippen LogP contribution in [0.5, 0.6) is 0 Å². The van der Waals surface area contributed by atoms with Crippen LogP contribution < -0.4 is 4.72 Å². The maximum atomic E-state index is 12.7. The van der Waals surface area contributed by atoms with E-state index in [4.69, 9.17) is 23.2 Å². The van der Waals surface area contributed by atoms with Crippen molar-refractivity contribution in [1.82, 2.24) is 4.98 Å². The number of pyridine rings is 1. The van der Waals surface area contributed by atoms with Gasteiger partial charge in [0.15, 0.2) is 0 Å². The van der Waals surface area contributed by atoms with Gasteiger partial charge in [0.1, 0.15) is 0 Å². The Morgan fingerprint density at radius 2 is 1.84 bits per heavy atom.